The predicted octanol–water partition coefficient (Wildman–Crippen LogP) is 3.36. The van der Waals surface area contributed by atoms with E-state index in [1.165, 1.54) is 0 Å². The van der Waals surface area contributed by atoms with Gasteiger partial charge in [-0.05, 0) is 23.8 Å². The molecule has 1 aromatic carbocycles. The zero-order valence-corrected chi connectivity index (χ0v) is 17.0. The average molecular weight is 424 g/mol. The Kier molecular flexibility index (Phi) is 5.87. The summed E-state index contributed by atoms with van der Waals surface area (Å²) in [7, 11) is -1.18. The van der Waals surface area contributed by atoms with Gasteiger partial charge in [0.1, 0.15) is 5.76 Å². The summed E-state index contributed by atoms with van der Waals surface area (Å²) in [5.41, 5.74) is 0.837. The maximum atomic E-state index is 12.7. The molecular weight excluding hydrogens is 402 g/mol. The van der Waals surface area contributed by atoms with Gasteiger partial charge in [-0.3, -0.25) is 9.00 Å². The summed E-state index contributed by atoms with van der Waals surface area (Å²) in [5, 5.41) is 0.601. The van der Waals surface area contributed by atoms with Crippen molar-refractivity contribution in [1.29, 1.82) is 0 Å². The van der Waals surface area contributed by atoms with E-state index in [1.807, 2.05) is 18.2 Å². The van der Waals surface area contributed by atoms with Crippen molar-refractivity contribution in [3.63, 3.8) is 0 Å². The van der Waals surface area contributed by atoms with Gasteiger partial charge in [-0.15, -0.1) is 0 Å². The molecule has 2 saturated heterocycles. The van der Waals surface area contributed by atoms with E-state index in [0.29, 0.717) is 55.7 Å². The summed E-state index contributed by atoms with van der Waals surface area (Å²) in [6.45, 7) is 2.35. The van der Waals surface area contributed by atoms with Crippen LogP contribution < -0.4 is 0 Å². The number of carbonyl (C=O) groups is 1. The van der Waals surface area contributed by atoms with Crippen LogP contribution in [0.4, 0.5) is 0 Å². The molecular formula is C20H22ClNO5S. The van der Waals surface area contributed by atoms with E-state index in [-0.39, 0.29) is 17.4 Å². The van der Waals surface area contributed by atoms with Crippen LogP contribution in [0.25, 0.3) is 0 Å². The first-order valence-corrected chi connectivity index (χ1v) is 11.2. The highest BCUT2D eigenvalue weighted by Crippen LogP contribution is 2.32. The lowest BCUT2D eigenvalue weighted by atomic mass is 10.0. The fraction of sp³-hybridized carbons (Fsp3) is 0.450. The van der Waals surface area contributed by atoms with E-state index < -0.39 is 16.6 Å². The molecule has 0 N–H and O–H groups in total. The van der Waals surface area contributed by atoms with Gasteiger partial charge in [0.05, 0.1) is 24.7 Å². The lowest BCUT2D eigenvalue weighted by Crippen LogP contribution is -2.47. The largest absolute Gasteiger partial charge is 0.455 e. The Hall–Kier alpha value is -1.67. The second kappa shape index (κ2) is 8.37. The molecule has 2 fully saturated rings. The Labute approximate surface area is 171 Å². The molecule has 2 aliphatic rings. The number of hydrogen-bond donors (Lipinski definition) is 0. The summed E-state index contributed by atoms with van der Waals surface area (Å²) < 4.78 is 29.5. The second-order valence-electron chi connectivity index (χ2n) is 6.99. The number of carbonyl (C=O) groups excluding carboxylic acids is 1. The van der Waals surface area contributed by atoms with E-state index >= 15 is 0 Å². The van der Waals surface area contributed by atoms with Crippen molar-refractivity contribution in [1.82, 2.24) is 4.90 Å². The molecule has 3 heterocycles. The number of halogens is 1. The minimum absolute atomic E-state index is 0.156. The molecule has 1 spiro atoms. The van der Waals surface area contributed by atoms with Crippen LogP contribution in [-0.2, 0) is 31.8 Å². The van der Waals surface area contributed by atoms with E-state index in [2.05, 4.69) is 0 Å². The number of amides is 1. The van der Waals surface area contributed by atoms with E-state index in [4.69, 9.17) is 25.5 Å². The normalized spacial score (nSPS) is 19.8. The smallest absolute Gasteiger partial charge is 0.289 e. The van der Waals surface area contributed by atoms with Crippen LogP contribution in [0.5, 0.6) is 0 Å². The van der Waals surface area contributed by atoms with Crippen molar-refractivity contribution in [3.05, 3.63) is 58.5 Å². The van der Waals surface area contributed by atoms with E-state index in [0.717, 1.165) is 5.56 Å². The van der Waals surface area contributed by atoms with Crippen molar-refractivity contribution in [2.45, 2.75) is 30.1 Å². The Morgan fingerprint density at radius 2 is 1.79 bits per heavy atom. The fourth-order valence-electron chi connectivity index (χ4n) is 3.56. The molecule has 8 heteroatoms. The van der Waals surface area contributed by atoms with Gasteiger partial charge in [-0.1, -0.05) is 29.8 Å². The first kappa shape index (κ1) is 19.6. The second-order valence-corrected chi connectivity index (χ2v) is 8.85. The van der Waals surface area contributed by atoms with Gasteiger partial charge in [0.2, 0.25) is 0 Å². The van der Waals surface area contributed by atoms with Crippen molar-refractivity contribution in [3.8, 4) is 0 Å². The minimum Gasteiger partial charge on any atom is -0.455 e. The SMILES string of the molecule is O=C(c1ccc(C[S@@](=O)Cc2ccccc2Cl)o1)N1CCC2(CC1)OCCO2. The molecule has 2 aromatic rings. The highest BCUT2D eigenvalue weighted by atomic mass is 35.5. The summed E-state index contributed by atoms with van der Waals surface area (Å²) in [6.07, 6.45) is 1.32. The van der Waals surface area contributed by atoms with Crippen LogP contribution in [-0.4, -0.2) is 47.1 Å². The molecule has 0 aliphatic carbocycles. The molecule has 0 bridgehead atoms. The molecule has 0 unspecified atom stereocenters. The highest BCUT2D eigenvalue weighted by Gasteiger charge is 2.41. The zero-order chi connectivity index (χ0) is 19.6. The van der Waals surface area contributed by atoms with Gasteiger partial charge in [-0.2, -0.15) is 0 Å². The quantitative estimate of drug-likeness (QED) is 0.737. The molecule has 0 saturated carbocycles. The number of nitrogens with zero attached hydrogens (tertiary/aromatic N) is 1. The molecule has 0 radical (unpaired) electrons. The lowest BCUT2D eigenvalue weighted by Gasteiger charge is -2.37. The number of ether oxygens (including phenoxy) is 2. The summed E-state index contributed by atoms with van der Waals surface area (Å²) >= 11 is 6.12. The zero-order valence-electron chi connectivity index (χ0n) is 15.4. The Bertz CT molecular complexity index is 867. The molecule has 6 nitrogen and oxygen atoms in total. The number of likely N-dealkylation sites (tertiary alicyclic amines) is 1. The third kappa shape index (κ3) is 4.33. The Morgan fingerprint density at radius 3 is 2.50 bits per heavy atom. The minimum atomic E-state index is -1.18. The molecule has 4 rings (SSSR count). The fourth-order valence-corrected chi connectivity index (χ4v) is 5.02. The molecule has 28 heavy (non-hydrogen) atoms. The molecule has 1 atom stereocenters. The molecule has 1 aromatic heterocycles. The average Bonchev–Trinajstić information content (AvgIpc) is 3.34. The monoisotopic (exact) mass is 423 g/mol. The molecule has 150 valence electrons. The Balaban J connectivity index is 1.33. The summed E-state index contributed by atoms with van der Waals surface area (Å²) in [6, 6.07) is 10.7. The van der Waals surface area contributed by atoms with E-state index in [1.54, 1.807) is 23.1 Å². The van der Waals surface area contributed by atoms with Gasteiger partial charge >= 0.3 is 0 Å². The summed E-state index contributed by atoms with van der Waals surface area (Å²) in [4.78, 5) is 14.4. The van der Waals surface area contributed by atoms with Gasteiger partial charge < -0.3 is 18.8 Å². The van der Waals surface area contributed by atoms with Crippen LogP contribution in [0.15, 0.2) is 40.8 Å². The number of rotatable bonds is 5. The third-order valence-electron chi connectivity index (χ3n) is 5.08. The van der Waals surface area contributed by atoms with Crippen LogP contribution in [0, 0.1) is 0 Å². The summed E-state index contributed by atoms with van der Waals surface area (Å²) in [5.74, 6) is 0.719. The van der Waals surface area contributed by atoms with E-state index in [9.17, 15) is 9.00 Å². The third-order valence-corrected chi connectivity index (χ3v) is 6.68. The van der Waals surface area contributed by atoms with Crippen LogP contribution in [0.1, 0.15) is 34.7 Å². The number of hydrogen-bond acceptors (Lipinski definition) is 5. The van der Waals surface area contributed by atoms with Gasteiger partial charge in [0.25, 0.3) is 5.91 Å². The first-order valence-electron chi connectivity index (χ1n) is 9.29. The number of furan rings is 1. The topological polar surface area (TPSA) is 69.0 Å². The van der Waals surface area contributed by atoms with Gasteiger partial charge in [0, 0.05) is 41.8 Å². The van der Waals surface area contributed by atoms with Crippen molar-refractivity contribution < 1.29 is 22.9 Å². The molecule has 1 amide bonds. The number of piperidine rings is 1. The van der Waals surface area contributed by atoms with Gasteiger partial charge in [-0.25, -0.2) is 0 Å². The van der Waals surface area contributed by atoms with Crippen LogP contribution in [0.3, 0.4) is 0 Å². The predicted molar refractivity (Wildman–Crippen MR) is 105 cm³/mol. The highest BCUT2D eigenvalue weighted by molar-refractivity contribution is 7.83. The van der Waals surface area contributed by atoms with Crippen LogP contribution >= 0.6 is 11.6 Å². The van der Waals surface area contributed by atoms with Crippen LogP contribution in [0.2, 0.25) is 5.02 Å². The Morgan fingerprint density at radius 1 is 1.07 bits per heavy atom. The van der Waals surface area contributed by atoms with Crippen molar-refractivity contribution in [2.24, 2.45) is 0 Å². The van der Waals surface area contributed by atoms with Gasteiger partial charge in [0.15, 0.2) is 11.5 Å². The first-order chi connectivity index (χ1) is 13.5. The number of benzene rings is 1. The maximum Gasteiger partial charge on any atom is 0.289 e. The maximum absolute atomic E-state index is 12.7. The standard InChI is InChI=1S/C20H22ClNO5S/c21-17-4-2-1-3-15(17)13-28(24)14-16-5-6-18(27-16)19(23)22-9-7-20(8-10-22)25-11-12-26-20/h1-6H,7-14H2/t28-/m0/s1. The van der Waals surface area contributed by atoms with Crippen molar-refractivity contribution >= 4 is 28.3 Å². The lowest BCUT2D eigenvalue weighted by molar-refractivity contribution is -0.181. The van der Waals surface area contributed by atoms with Crippen molar-refractivity contribution in [2.75, 3.05) is 26.3 Å². The molecule has 2 aliphatic heterocycles.